The van der Waals surface area contributed by atoms with Crippen molar-refractivity contribution in [3.63, 3.8) is 0 Å². The quantitative estimate of drug-likeness (QED) is 0.278. The van der Waals surface area contributed by atoms with Crippen molar-refractivity contribution in [1.82, 2.24) is 5.32 Å². The molecule has 0 bridgehead atoms. The second-order valence-corrected chi connectivity index (χ2v) is 14.9. The van der Waals surface area contributed by atoms with Gasteiger partial charge in [0.2, 0.25) is 5.91 Å². The van der Waals surface area contributed by atoms with Crippen molar-refractivity contribution in [2.24, 2.45) is 46.3 Å². The van der Waals surface area contributed by atoms with E-state index in [1.165, 1.54) is 51.6 Å². The van der Waals surface area contributed by atoms with Gasteiger partial charge in [-0.3, -0.25) is 4.79 Å². The molecular formula is C33H57BrN2O3. The number of aliphatic hydroxyl groups is 2. The molecular weight excluding hydrogens is 552 g/mol. The summed E-state index contributed by atoms with van der Waals surface area (Å²) in [5.41, 5.74) is 0.263. The van der Waals surface area contributed by atoms with Crippen LogP contribution >= 0.6 is 0 Å². The van der Waals surface area contributed by atoms with Gasteiger partial charge in [-0.1, -0.05) is 27.4 Å². The van der Waals surface area contributed by atoms with Gasteiger partial charge in [-0.15, -0.1) is 0 Å². The van der Waals surface area contributed by atoms with Gasteiger partial charge in [0.05, 0.1) is 44.9 Å². The molecule has 5 unspecified atom stereocenters. The van der Waals surface area contributed by atoms with Gasteiger partial charge in [0.15, 0.2) is 0 Å². The smallest absolute Gasteiger partial charge is 0.220 e. The molecule has 4 aliphatic carbocycles. The van der Waals surface area contributed by atoms with Gasteiger partial charge < -0.3 is 37.0 Å². The summed E-state index contributed by atoms with van der Waals surface area (Å²) in [6.07, 6.45) is 14.7. The Bertz CT molecular complexity index is 862. The van der Waals surface area contributed by atoms with E-state index in [1.54, 1.807) is 0 Å². The van der Waals surface area contributed by atoms with E-state index in [0.717, 1.165) is 62.1 Å². The van der Waals surface area contributed by atoms with E-state index in [9.17, 15) is 15.0 Å². The summed E-state index contributed by atoms with van der Waals surface area (Å²) in [6.45, 7) is 16.4. The average Bonchev–Trinajstić information content (AvgIpc) is 3.49. The first kappa shape index (κ1) is 31.5. The van der Waals surface area contributed by atoms with Gasteiger partial charge in [-0.05, 0) is 110 Å². The average molecular weight is 610 g/mol. The molecule has 0 aromatic heterocycles. The molecule has 1 aliphatic heterocycles. The second-order valence-electron chi connectivity index (χ2n) is 14.9. The molecule has 5 aliphatic rings. The summed E-state index contributed by atoms with van der Waals surface area (Å²) in [5.74, 6) is 3.70. The molecule has 1 amide bonds. The van der Waals surface area contributed by atoms with Crippen molar-refractivity contribution in [2.75, 3.05) is 32.7 Å². The summed E-state index contributed by atoms with van der Waals surface area (Å²) in [7, 11) is 0. The van der Waals surface area contributed by atoms with Crippen LogP contribution in [-0.2, 0) is 4.79 Å². The van der Waals surface area contributed by atoms with Crippen LogP contribution in [-0.4, -0.2) is 65.5 Å². The maximum atomic E-state index is 12.8. The summed E-state index contributed by atoms with van der Waals surface area (Å²) >= 11 is 0. The molecule has 224 valence electrons. The maximum absolute atomic E-state index is 12.8. The first-order valence-corrected chi connectivity index (χ1v) is 16.2. The first-order chi connectivity index (χ1) is 18.1. The molecule has 1 heterocycles. The topological polar surface area (TPSA) is 69.6 Å². The van der Waals surface area contributed by atoms with Crippen molar-refractivity contribution >= 4 is 5.91 Å². The summed E-state index contributed by atoms with van der Waals surface area (Å²) < 4.78 is 1.09. The van der Waals surface area contributed by atoms with Crippen LogP contribution in [0.4, 0.5) is 0 Å². The number of hydrogen-bond donors (Lipinski definition) is 3. The van der Waals surface area contributed by atoms with Crippen molar-refractivity contribution in [3.8, 4) is 0 Å². The van der Waals surface area contributed by atoms with E-state index in [2.05, 4.69) is 32.7 Å². The van der Waals surface area contributed by atoms with E-state index in [-0.39, 0.29) is 45.9 Å². The zero-order valence-electron chi connectivity index (χ0n) is 25.1. The number of hydrogen-bond acceptors (Lipinski definition) is 3. The summed E-state index contributed by atoms with van der Waals surface area (Å²) in [5, 5.41) is 25.3. The number of amides is 1. The highest BCUT2D eigenvalue weighted by Gasteiger charge is 2.63. The van der Waals surface area contributed by atoms with E-state index < -0.39 is 0 Å². The number of fused-ring (bicyclic) bond motifs is 5. The third-order valence-electron chi connectivity index (χ3n) is 13.3. The Labute approximate surface area is 248 Å². The van der Waals surface area contributed by atoms with Crippen LogP contribution < -0.4 is 22.3 Å². The zero-order chi connectivity index (χ0) is 27.1. The normalized spacial score (nSPS) is 43.4. The molecule has 39 heavy (non-hydrogen) atoms. The van der Waals surface area contributed by atoms with Crippen LogP contribution in [0.5, 0.6) is 0 Å². The molecule has 5 nitrogen and oxygen atoms in total. The molecule has 5 rings (SSSR count). The Kier molecular flexibility index (Phi) is 10.0. The van der Waals surface area contributed by atoms with Crippen LogP contribution in [0, 0.1) is 46.3 Å². The molecule has 10 atom stereocenters. The van der Waals surface area contributed by atoms with Gasteiger partial charge >= 0.3 is 0 Å². The number of likely N-dealkylation sites (tertiary alicyclic amines) is 1. The van der Waals surface area contributed by atoms with Gasteiger partial charge in [0, 0.05) is 19.3 Å². The minimum absolute atomic E-state index is 0. The fourth-order valence-electron chi connectivity index (χ4n) is 11.0. The van der Waals surface area contributed by atoms with E-state index in [1.807, 2.05) is 6.08 Å². The Morgan fingerprint density at radius 2 is 1.82 bits per heavy atom. The Morgan fingerprint density at radius 1 is 1.08 bits per heavy atom. The molecule has 0 spiro atoms. The lowest BCUT2D eigenvalue weighted by Gasteiger charge is -2.62. The minimum atomic E-state index is -0.245. The van der Waals surface area contributed by atoms with Crippen molar-refractivity contribution in [2.45, 2.75) is 110 Å². The fraction of sp³-hybridized carbons (Fsp3) is 0.909. The van der Waals surface area contributed by atoms with Crippen molar-refractivity contribution in [1.29, 1.82) is 0 Å². The van der Waals surface area contributed by atoms with Crippen LogP contribution in [0.1, 0.15) is 97.8 Å². The second kappa shape index (κ2) is 12.4. The van der Waals surface area contributed by atoms with Crippen LogP contribution in [0.2, 0.25) is 0 Å². The van der Waals surface area contributed by atoms with Gasteiger partial charge in [0.25, 0.3) is 0 Å². The first-order valence-electron chi connectivity index (χ1n) is 16.2. The molecule has 5 fully saturated rings. The lowest BCUT2D eigenvalue weighted by molar-refractivity contribution is -0.910. The van der Waals surface area contributed by atoms with E-state index >= 15 is 0 Å². The largest absolute Gasteiger partial charge is 1.00 e. The standard InChI is InChI=1S/C33H56N2O3.BrH/c1-5-17-35(18-6-7-19-35)20-16-34-31(38)13-8-23(2)27-11-12-28-26-10-9-24-21-25(36)14-15-32(24,3)29(26)22-30(37)33(27,28)4;/h5,23-30,36-37H,1,6-22H2,2-4H3;1H/t23?,24?,25-,26?,27-,28?,29?,30+,32+,33-;/m1./s1. The fourth-order valence-corrected chi connectivity index (χ4v) is 11.0. The van der Waals surface area contributed by atoms with Gasteiger partial charge in [0.1, 0.15) is 0 Å². The molecule has 6 heteroatoms. The van der Waals surface area contributed by atoms with Gasteiger partial charge in [-0.25, -0.2) is 0 Å². The lowest BCUT2D eigenvalue weighted by atomic mass is 9.43. The SMILES string of the molecule is C=CC[N+]1(CCNC(=O)CCC(C)[C@H]2CCC3C4CCC5C[C@H](O)CC[C@]5(C)C4C[C@H](O)[C@@]32C)CCCC1.[Br-]. The number of halogens is 1. The Balaban J connectivity index is 0.00000353. The molecule has 1 saturated heterocycles. The summed E-state index contributed by atoms with van der Waals surface area (Å²) in [6, 6.07) is 0. The predicted octanol–water partition coefficient (Wildman–Crippen LogP) is 2.31. The number of carbonyl (C=O) groups excluding carboxylic acids is 1. The summed E-state index contributed by atoms with van der Waals surface area (Å²) in [4.78, 5) is 12.8. The van der Waals surface area contributed by atoms with Gasteiger partial charge in [-0.2, -0.15) is 0 Å². The minimum Gasteiger partial charge on any atom is -1.00 e. The number of nitrogens with one attached hydrogen (secondary N) is 1. The highest BCUT2D eigenvalue weighted by atomic mass is 79.9. The number of nitrogens with zero attached hydrogens (tertiary/aromatic N) is 1. The maximum Gasteiger partial charge on any atom is 0.220 e. The third kappa shape index (κ3) is 5.79. The highest BCUT2D eigenvalue weighted by Crippen LogP contribution is 2.68. The Hall–Kier alpha value is -0.430. The number of carbonyl (C=O) groups is 1. The number of rotatable bonds is 9. The van der Waals surface area contributed by atoms with Crippen molar-refractivity contribution in [3.05, 3.63) is 12.7 Å². The molecule has 0 aromatic rings. The van der Waals surface area contributed by atoms with E-state index in [0.29, 0.717) is 36.0 Å². The monoisotopic (exact) mass is 608 g/mol. The zero-order valence-corrected chi connectivity index (χ0v) is 26.6. The lowest BCUT2D eigenvalue weighted by Crippen LogP contribution is -3.00. The van der Waals surface area contributed by atoms with E-state index in [4.69, 9.17) is 0 Å². The number of aliphatic hydroxyl groups excluding tert-OH is 2. The van der Waals surface area contributed by atoms with Crippen LogP contribution in [0.25, 0.3) is 0 Å². The predicted molar refractivity (Wildman–Crippen MR) is 153 cm³/mol. The Morgan fingerprint density at radius 3 is 2.54 bits per heavy atom. The molecule has 0 radical (unpaired) electrons. The van der Waals surface area contributed by atoms with Crippen LogP contribution in [0.15, 0.2) is 12.7 Å². The van der Waals surface area contributed by atoms with Crippen molar-refractivity contribution < 1.29 is 36.5 Å². The third-order valence-corrected chi connectivity index (χ3v) is 13.3. The number of quaternary nitrogens is 1. The highest BCUT2D eigenvalue weighted by molar-refractivity contribution is 5.75. The molecule has 0 aromatic carbocycles. The molecule has 3 N–H and O–H groups in total. The molecule has 4 saturated carbocycles. The van der Waals surface area contributed by atoms with Crippen LogP contribution in [0.3, 0.4) is 0 Å².